The molecule has 7 heteroatoms. The van der Waals surface area contributed by atoms with E-state index in [1.54, 1.807) is 0 Å². The summed E-state index contributed by atoms with van der Waals surface area (Å²) >= 11 is 0. The van der Waals surface area contributed by atoms with Gasteiger partial charge < -0.3 is 14.5 Å². The van der Waals surface area contributed by atoms with E-state index in [0.717, 1.165) is 0 Å². The molecule has 0 bridgehead atoms. The number of hydrogen-bond donors (Lipinski definition) is 2. The Bertz CT molecular complexity index is 278. The maximum absolute atomic E-state index is 10.7. The number of carbonyl (C=O) groups excluding carboxylic acids is 2. The quantitative estimate of drug-likeness (QED) is 0.323. The highest BCUT2D eigenvalue weighted by Gasteiger charge is 2.51. The van der Waals surface area contributed by atoms with Gasteiger partial charge in [-0.1, -0.05) is 6.92 Å². The Labute approximate surface area is 67.7 Å². The second kappa shape index (κ2) is 2.65. The normalized spacial score (nSPS) is 30.6. The molecule has 0 aliphatic carbocycles. The van der Waals surface area contributed by atoms with Crippen LogP contribution < -0.4 is 0 Å². The molecule has 1 aliphatic rings. The van der Waals surface area contributed by atoms with E-state index < -0.39 is 31.1 Å². The summed E-state index contributed by atoms with van der Waals surface area (Å²) in [6.45, 7) is 1.25. The molecule has 2 atom stereocenters. The molecule has 0 radical (unpaired) electrons. The minimum atomic E-state index is -4.56. The minimum Gasteiger partial charge on any atom is -0.392 e. The van der Waals surface area contributed by atoms with Crippen molar-refractivity contribution < 1.29 is 28.7 Å². The Morgan fingerprint density at radius 3 is 2.00 bits per heavy atom. The zero-order valence-electron chi connectivity index (χ0n) is 6.13. The van der Waals surface area contributed by atoms with Gasteiger partial charge in [-0.05, 0) is 0 Å². The molecule has 0 spiro atoms. The van der Waals surface area contributed by atoms with Gasteiger partial charge in [-0.3, -0.25) is 14.2 Å². The van der Waals surface area contributed by atoms with Crippen LogP contribution in [0.25, 0.3) is 0 Å². The molecule has 1 rings (SSSR count). The molecule has 1 fully saturated rings. The Hall–Kier alpha value is -0.710. The lowest BCUT2D eigenvalue weighted by atomic mass is 10.1. The Morgan fingerprint density at radius 2 is 1.83 bits per heavy atom. The molecule has 0 aromatic heterocycles. The van der Waals surface area contributed by atoms with Crippen molar-refractivity contribution in [2.75, 3.05) is 0 Å². The molecule has 68 valence electrons. The van der Waals surface area contributed by atoms with Crippen LogP contribution in [0.2, 0.25) is 0 Å². The van der Waals surface area contributed by atoms with Crippen molar-refractivity contribution in [3.8, 4) is 0 Å². The average Bonchev–Trinajstić information content (AvgIpc) is 2.05. The first-order valence-electron chi connectivity index (χ1n) is 3.15. The van der Waals surface area contributed by atoms with Crippen molar-refractivity contribution in [1.82, 2.24) is 0 Å². The van der Waals surface area contributed by atoms with Gasteiger partial charge in [-0.2, -0.15) is 0 Å². The maximum atomic E-state index is 10.7. The van der Waals surface area contributed by atoms with Gasteiger partial charge in [0, 0.05) is 0 Å². The highest BCUT2D eigenvalue weighted by atomic mass is 31.2. The van der Waals surface area contributed by atoms with Gasteiger partial charge in [0.1, 0.15) is 0 Å². The van der Waals surface area contributed by atoms with Crippen molar-refractivity contribution in [2.45, 2.75) is 12.6 Å². The summed E-state index contributed by atoms with van der Waals surface area (Å²) < 4.78 is 14.7. The number of carbonyl (C=O) groups is 2. The van der Waals surface area contributed by atoms with Crippen LogP contribution >= 0.6 is 7.60 Å². The van der Waals surface area contributed by atoms with Crippen LogP contribution in [0.3, 0.4) is 0 Å². The third kappa shape index (κ3) is 1.41. The Balaban J connectivity index is 2.99. The van der Waals surface area contributed by atoms with E-state index in [9.17, 15) is 14.2 Å². The largest absolute Gasteiger partial charge is 0.392 e. The third-order valence-corrected chi connectivity index (χ3v) is 3.03. The van der Waals surface area contributed by atoms with E-state index in [4.69, 9.17) is 9.79 Å². The van der Waals surface area contributed by atoms with Gasteiger partial charge in [0.2, 0.25) is 0 Å². The van der Waals surface area contributed by atoms with Crippen LogP contribution in [0.1, 0.15) is 6.92 Å². The summed E-state index contributed by atoms with van der Waals surface area (Å²) in [7, 11) is -4.56. The summed E-state index contributed by atoms with van der Waals surface area (Å²) in [5, 5.41) is 0. The summed E-state index contributed by atoms with van der Waals surface area (Å²) in [5.41, 5.74) is -1.62. The number of rotatable bonds is 1. The van der Waals surface area contributed by atoms with Gasteiger partial charge >= 0.3 is 19.5 Å². The molecule has 1 aliphatic heterocycles. The van der Waals surface area contributed by atoms with E-state index in [-0.39, 0.29) is 0 Å². The fraction of sp³-hybridized carbons (Fsp3) is 0.600. The smallest absolute Gasteiger partial charge is 0.340 e. The summed E-state index contributed by atoms with van der Waals surface area (Å²) in [5.74, 6) is -3.08. The molecule has 0 aromatic carbocycles. The zero-order valence-corrected chi connectivity index (χ0v) is 7.02. The topological polar surface area (TPSA) is 101 Å². The minimum absolute atomic E-state index is 0.881. The second-order valence-electron chi connectivity index (χ2n) is 2.56. The molecule has 1 saturated heterocycles. The van der Waals surface area contributed by atoms with Crippen molar-refractivity contribution in [2.24, 2.45) is 5.92 Å². The van der Waals surface area contributed by atoms with Crippen molar-refractivity contribution >= 4 is 19.5 Å². The first kappa shape index (κ1) is 9.38. The van der Waals surface area contributed by atoms with Crippen LogP contribution in [0.4, 0.5) is 0 Å². The van der Waals surface area contributed by atoms with Gasteiger partial charge in [-0.15, -0.1) is 0 Å². The fourth-order valence-corrected chi connectivity index (χ4v) is 2.05. The molecule has 12 heavy (non-hydrogen) atoms. The first-order chi connectivity index (χ1) is 5.34. The molecular weight excluding hydrogens is 187 g/mol. The first-order valence-corrected chi connectivity index (χ1v) is 4.83. The third-order valence-electron chi connectivity index (χ3n) is 1.65. The summed E-state index contributed by atoms with van der Waals surface area (Å²) in [6.07, 6.45) is 0. The molecule has 2 N–H and O–H groups in total. The maximum Gasteiger partial charge on any atom is 0.340 e. The van der Waals surface area contributed by atoms with Gasteiger partial charge in [0.05, 0.1) is 5.92 Å². The van der Waals surface area contributed by atoms with E-state index in [2.05, 4.69) is 4.74 Å². The number of cyclic esters (lactones) is 2. The van der Waals surface area contributed by atoms with Gasteiger partial charge in [0.15, 0.2) is 5.66 Å². The SMILES string of the molecule is CC1C(=O)OC(=O)C1P(=O)(O)O. The molecule has 6 nitrogen and oxygen atoms in total. The van der Waals surface area contributed by atoms with Crippen molar-refractivity contribution in [3.05, 3.63) is 0 Å². The lowest BCUT2D eigenvalue weighted by molar-refractivity contribution is -0.152. The predicted octanol–water partition coefficient (Wildman–Crippen LogP) is -0.748. The lowest BCUT2D eigenvalue weighted by Gasteiger charge is -2.09. The number of ether oxygens (including phenoxy) is 1. The molecule has 1 heterocycles. The second-order valence-corrected chi connectivity index (χ2v) is 4.30. The number of hydrogen-bond acceptors (Lipinski definition) is 4. The lowest BCUT2D eigenvalue weighted by Crippen LogP contribution is -2.21. The van der Waals surface area contributed by atoms with Gasteiger partial charge in [-0.25, -0.2) is 0 Å². The van der Waals surface area contributed by atoms with Crippen molar-refractivity contribution in [3.63, 3.8) is 0 Å². The number of esters is 2. The molecule has 0 aromatic rings. The molecular formula is C5H7O6P. The van der Waals surface area contributed by atoms with Crippen LogP contribution in [0.5, 0.6) is 0 Å². The van der Waals surface area contributed by atoms with Crippen LogP contribution in [-0.2, 0) is 18.9 Å². The highest BCUT2D eigenvalue weighted by molar-refractivity contribution is 7.53. The zero-order chi connectivity index (χ0) is 9.52. The average molecular weight is 194 g/mol. The van der Waals surface area contributed by atoms with E-state index >= 15 is 0 Å². The fourth-order valence-electron chi connectivity index (χ4n) is 1.01. The monoisotopic (exact) mass is 194 g/mol. The predicted molar refractivity (Wildman–Crippen MR) is 36.1 cm³/mol. The summed E-state index contributed by atoms with van der Waals surface area (Å²) in [6, 6.07) is 0. The van der Waals surface area contributed by atoms with Gasteiger partial charge in [0.25, 0.3) is 0 Å². The van der Waals surface area contributed by atoms with Crippen LogP contribution in [0, 0.1) is 5.92 Å². The molecule has 0 saturated carbocycles. The van der Waals surface area contributed by atoms with E-state index in [0.29, 0.717) is 0 Å². The Kier molecular flexibility index (Phi) is 2.07. The van der Waals surface area contributed by atoms with Crippen LogP contribution in [0.15, 0.2) is 0 Å². The highest BCUT2D eigenvalue weighted by Crippen LogP contribution is 2.48. The Morgan fingerprint density at radius 1 is 1.33 bits per heavy atom. The molecule has 2 unspecified atom stereocenters. The van der Waals surface area contributed by atoms with Crippen molar-refractivity contribution in [1.29, 1.82) is 0 Å². The standard InChI is InChI=1S/C5H7O6P/c1-2-3(12(8,9)10)5(7)11-4(2)6/h2-3H,1H3,(H2,8,9,10). The summed E-state index contributed by atoms with van der Waals surface area (Å²) in [4.78, 5) is 38.6. The van der Waals surface area contributed by atoms with E-state index in [1.165, 1.54) is 6.92 Å². The van der Waals surface area contributed by atoms with Crippen LogP contribution in [-0.4, -0.2) is 27.4 Å². The molecule has 0 amide bonds. The van der Waals surface area contributed by atoms with E-state index in [1.807, 2.05) is 0 Å².